The Labute approximate surface area is 116 Å². The molecule has 1 saturated heterocycles. The van der Waals surface area contributed by atoms with Gasteiger partial charge in [-0.15, -0.1) is 0 Å². The minimum Gasteiger partial charge on any atom is -0.327 e. The van der Waals surface area contributed by atoms with Crippen molar-refractivity contribution in [2.75, 3.05) is 18.5 Å². The second-order valence-corrected chi connectivity index (χ2v) is 5.68. The van der Waals surface area contributed by atoms with E-state index in [2.05, 4.69) is 22.5 Å². The third kappa shape index (κ3) is 2.62. The third-order valence-corrected chi connectivity index (χ3v) is 4.69. The zero-order valence-electron chi connectivity index (χ0n) is 11.5. The van der Waals surface area contributed by atoms with Gasteiger partial charge in [-0.1, -0.05) is 11.3 Å². The quantitative estimate of drug-likeness (QED) is 0.793. The summed E-state index contributed by atoms with van der Waals surface area (Å²) in [6.45, 7) is 5.95. The predicted molar refractivity (Wildman–Crippen MR) is 74.3 cm³/mol. The number of aryl methyl sites for hydroxylation is 1. The van der Waals surface area contributed by atoms with E-state index in [-0.39, 0.29) is 30.4 Å². The van der Waals surface area contributed by atoms with Crippen LogP contribution in [0.15, 0.2) is 0 Å². The predicted octanol–water partition coefficient (Wildman–Crippen LogP) is 0.583. The number of thiazole rings is 1. The average molecular weight is 282 g/mol. The van der Waals surface area contributed by atoms with Crippen molar-refractivity contribution in [2.24, 2.45) is 0 Å². The summed E-state index contributed by atoms with van der Waals surface area (Å²) in [4.78, 5) is 30.5. The van der Waals surface area contributed by atoms with Crippen molar-refractivity contribution in [1.82, 2.24) is 15.6 Å². The monoisotopic (exact) mass is 282 g/mol. The molecular formula is C12H18N4O2S. The van der Waals surface area contributed by atoms with Gasteiger partial charge in [0.2, 0.25) is 11.8 Å². The highest BCUT2D eigenvalue weighted by Gasteiger charge is 2.32. The topological polar surface area (TPSA) is 74.3 Å². The first-order valence-electron chi connectivity index (χ1n) is 6.19. The number of nitrogens with one attached hydrogen (secondary N) is 2. The second kappa shape index (κ2) is 5.26. The number of aromatic nitrogens is 1. The molecule has 2 rings (SSSR count). The highest BCUT2D eigenvalue weighted by atomic mass is 32.1. The van der Waals surface area contributed by atoms with Crippen molar-refractivity contribution >= 4 is 28.3 Å². The molecule has 1 aromatic heterocycles. The van der Waals surface area contributed by atoms with Gasteiger partial charge in [0.05, 0.1) is 5.69 Å². The van der Waals surface area contributed by atoms with Crippen LogP contribution in [0.2, 0.25) is 0 Å². The Kier molecular flexibility index (Phi) is 3.86. The molecule has 1 fully saturated rings. The molecule has 2 unspecified atom stereocenters. The van der Waals surface area contributed by atoms with E-state index in [4.69, 9.17) is 0 Å². The molecule has 2 amide bonds. The standard InChI is InChI=1S/C12H18N4O2S/c1-6(13-4)10-7(2)14-12(19-10)16-5-9(17)15-11(18)8(16)3/h6,8,13H,5H2,1-4H3,(H,15,17,18). The van der Waals surface area contributed by atoms with Crippen LogP contribution in [-0.2, 0) is 9.59 Å². The van der Waals surface area contributed by atoms with Crippen LogP contribution in [0.1, 0.15) is 30.5 Å². The fraction of sp³-hybridized carbons (Fsp3) is 0.583. The second-order valence-electron chi connectivity index (χ2n) is 4.67. The number of imide groups is 1. The minimum absolute atomic E-state index is 0.174. The van der Waals surface area contributed by atoms with E-state index >= 15 is 0 Å². The number of hydrogen-bond acceptors (Lipinski definition) is 6. The summed E-state index contributed by atoms with van der Waals surface area (Å²) in [5.74, 6) is -0.550. The van der Waals surface area contributed by atoms with Crippen LogP contribution >= 0.6 is 11.3 Å². The van der Waals surface area contributed by atoms with Crippen molar-refractivity contribution in [3.05, 3.63) is 10.6 Å². The number of amides is 2. The Balaban J connectivity index is 2.31. The number of rotatable bonds is 3. The first kappa shape index (κ1) is 14.0. The Hall–Kier alpha value is -1.47. The van der Waals surface area contributed by atoms with Gasteiger partial charge in [-0.05, 0) is 27.8 Å². The van der Waals surface area contributed by atoms with Crippen molar-refractivity contribution in [1.29, 1.82) is 0 Å². The summed E-state index contributed by atoms with van der Waals surface area (Å²) in [6.07, 6.45) is 0. The summed E-state index contributed by atoms with van der Waals surface area (Å²) >= 11 is 1.53. The first-order valence-corrected chi connectivity index (χ1v) is 7.00. The van der Waals surface area contributed by atoms with Crippen LogP contribution in [0, 0.1) is 6.92 Å². The van der Waals surface area contributed by atoms with E-state index in [9.17, 15) is 9.59 Å². The fourth-order valence-corrected chi connectivity index (χ4v) is 3.20. The highest BCUT2D eigenvalue weighted by Crippen LogP contribution is 2.31. The lowest BCUT2D eigenvalue weighted by Crippen LogP contribution is -2.57. The average Bonchev–Trinajstić information content (AvgIpc) is 2.74. The fourth-order valence-electron chi connectivity index (χ4n) is 2.00. The number of carbonyl (C=O) groups is 2. The van der Waals surface area contributed by atoms with E-state index in [0.717, 1.165) is 15.7 Å². The molecule has 7 heteroatoms. The normalized spacial score (nSPS) is 21.5. The van der Waals surface area contributed by atoms with Crippen LogP contribution in [0.5, 0.6) is 0 Å². The van der Waals surface area contributed by atoms with Crippen molar-refractivity contribution in [2.45, 2.75) is 32.9 Å². The maximum Gasteiger partial charge on any atom is 0.249 e. The zero-order chi connectivity index (χ0) is 14.2. The van der Waals surface area contributed by atoms with E-state index < -0.39 is 0 Å². The van der Waals surface area contributed by atoms with Crippen molar-refractivity contribution in [3.8, 4) is 0 Å². The van der Waals surface area contributed by atoms with Crippen molar-refractivity contribution in [3.63, 3.8) is 0 Å². The molecule has 0 spiro atoms. The molecule has 2 N–H and O–H groups in total. The highest BCUT2D eigenvalue weighted by molar-refractivity contribution is 7.15. The molecule has 104 valence electrons. The lowest BCUT2D eigenvalue weighted by molar-refractivity contribution is -0.132. The molecular weight excluding hydrogens is 264 g/mol. The first-order chi connectivity index (χ1) is 8.93. The molecule has 2 atom stereocenters. The summed E-state index contributed by atoms with van der Waals surface area (Å²) in [5, 5.41) is 6.23. The van der Waals surface area contributed by atoms with E-state index in [0.29, 0.717) is 0 Å². The number of piperazine rings is 1. The van der Waals surface area contributed by atoms with Gasteiger partial charge in [-0.3, -0.25) is 14.9 Å². The number of nitrogens with zero attached hydrogens (tertiary/aromatic N) is 2. The number of hydrogen-bond donors (Lipinski definition) is 2. The number of anilines is 1. The molecule has 0 bridgehead atoms. The van der Waals surface area contributed by atoms with Crippen LogP contribution in [0.3, 0.4) is 0 Å². The van der Waals surface area contributed by atoms with Crippen LogP contribution < -0.4 is 15.5 Å². The Morgan fingerprint density at radius 3 is 2.84 bits per heavy atom. The SMILES string of the molecule is CNC(C)c1sc(N2CC(=O)NC(=O)C2C)nc1C. The summed E-state index contributed by atoms with van der Waals surface area (Å²) < 4.78 is 0. The Morgan fingerprint density at radius 1 is 1.53 bits per heavy atom. The van der Waals surface area contributed by atoms with Crippen LogP contribution in [0.4, 0.5) is 5.13 Å². The molecule has 0 aliphatic carbocycles. The summed E-state index contributed by atoms with van der Waals surface area (Å²) in [6, 6.07) is -0.170. The summed E-state index contributed by atoms with van der Waals surface area (Å²) in [7, 11) is 1.89. The molecule has 0 saturated carbocycles. The molecule has 1 aliphatic heterocycles. The van der Waals surface area contributed by atoms with E-state index in [1.54, 1.807) is 11.8 Å². The van der Waals surface area contributed by atoms with E-state index in [1.165, 1.54) is 11.3 Å². The van der Waals surface area contributed by atoms with Gasteiger partial charge in [0, 0.05) is 10.9 Å². The van der Waals surface area contributed by atoms with Gasteiger partial charge in [0.25, 0.3) is 0 Å². The molecule has 19 heavy (non-hydrogen) atoms. The Morgan fingerprint density at radius 2 is 2.21 bits per heavy atom. The molecule has 1 aliphatic rings. The smallest absolute Gasteiger partial charge is 0.249 e. The Bertz CT molecular complexity index is 514. The lowest BCUT2D eigenvalue weighted by atomic mass is 10.2. The maximum atomic E-state index is 11.7. The number of carbonyl (C=O) groups excluding carboxylic acids is 2. The van der Waals surface area contributed by atoms with E-state index in [1.807, 2.05) is 14.0 Å². The summed E-state index contributed by atoms with van der Waals surface area (Å²) in [5.41, 5.74) is 0.937. The minimum atomic E-state index is -0.374. The largest absolute Gasteiger partial charge is 0.327 e. The van der Waals surface area contributed by atoms with Gasteiger partial charge >= 0.3 is 0 Å². The molecule has 1 aromatic rings. The van der Waals surface area contributed by atoms with Gasteiger partial charge in [-0.25, -0.2) is 4.98 Å². The third-order valence-electron chi connectivity index (χ3n) is 3.32. The lowest BCUT2D eigenvalue weighted by Gasteiger charge is -2.31. The molecule has 0 aromatic carbocycles. The molecule has 0 radical (unpaired) electrons. The van der Waals surface area contributed by atoms with Crippen molar-refractivity contribution < 1.29 is 9.59 Å². The molecule has 6 nitrogen and oxygen atoms in total. The van der Waals surface area contributed by atoms with Gasteiger partial charge in [0.15, 0.2) is 5.13 Å². The zero-order valence-corrected chi connectivity index (χ0v) is 12.3. The maximum absolute atomic E-state index is 11.7. The van der Waals surface area contributed by atoms with Gasteiger partial charge in [-0.2, -0.15) is 0 Å². The molecule has 2 heterocycles. The van der Waals surface area contributed by atoms with Crippen LogP contribution in [-0.4, -0.2) is 36.4 Å². The van der Waals surface area contributed by atoms with Gasteiger partial charge < -0.3 is 10.2 Å². The van der Waals surface area contributed by atoms with Crippen LogP contribution in [0.25, 0.3) is 0 Å². The van der Waals surface area contributed by atoms with Gasteiger partial charge in [0.1, 0.15) is 12.6 Å².